The number of ether oxygens (including phenoxy) is 1. The van der Waals surface area contributed by atoms with Gasteiger partial charge in [-0.15, -0.1) is 0 Å². The molecule has 3 nitrogen and oxygen atoms in total. The summed E-state index contributed by atoms with van der Waals surface area (Å²) in [5.74, 6) is 1.18. The van der Waals surface area contributed by atoms with Gasteiger partial charge in [0.15, 0.2) is 5.11 Å². The molecular weight excluding hydrogens is 228 g/mol. The lowest BCUT2D eigenvalue weighted by Gasteiger charge is -2.09. The SMILES string of the molecule is CCOCCCNC(=S)NCCCSC. The molecule has 0 rings (SSSR count). The van der Waals surface area contributed by atoms with Gasteiger partial charge >= 0.3 is 0 Å². The van der Waals surface area contributed by atoms with E-state index < -0.39 is 0 Å². The topological polar surface area (TPSA) is 33.3 Å². The first-order valence-corrected chi connectivity index (χ1v) is 7.19. The number of hydrogen-bond donors (Lipinski definition) is 2. The molecule has 0 spiro atoms. The Labute approximate surface area is 103 Å². The van der Waals surface area contributed by atoms with E-state index in [4.69, 9.17) is 17.0 Å². The molecule has 0 radical (unpaired) electrons. The molecule has 0 aromatic rings. The minimum absolute atomic E-state index is 0.757. The Balaban J connectivity index is 3.11. The first kappa shape index (κ1) is 15.0. The molecule has 0 atom stereocenters. The van der Waals surface area contributed by atoms with Gasteiger partial charge in [-0.3, -0.25) is 0 Å². The molecule has 0 saturated heterocycles. The lowest BCUT2D eigenvalue weighted by molar-refractivity contribution is 0.145. The lowest BCUT2D eigenvalue weighted by Crippen LogP contribution is -2.36. The Morgan fingerprint density at radius 3 is 2.53 bits per heavy atom. The molecule has 0 fully saturated rings. The predicted octanol–water partition coefficient (Wildman–Crippen LogP) is 1.63. The van der Waals surface area contributed by atoms with Crippen molar-refractivity contribution in [1.29, 1.82) is 0 Å². The molecular formula is C10H22N2OS2. The largest absolute Gasteiger partial charge is 0.382 e. The van der Waals surface area contributed by atoms with Crippen LogP contribution in [0.5, 0.6) is 0 Å². The van der Waals surface area contributed by atoms with Gasteiger partial charge in [-0.1, -0.05) is 0 Å². The van der Waals surface area contributed by atoms with Crippen LogP contribution in [0.2, 0.25) is 0 Å². The molecule has 5 heteroatoms. The second kappa shape index (κ2) is 12.1. The van der Waals surface area contributed by atoms with Gasteiger partial charge in [0.2, 0.25) is 0 Å². The third-order valence-corrected chi connectivity index (χ3v) is 2.75. The van der Waals surface area contributed by atoms with Crippen molar-refractivity contribution in [2.24, 2.45) is 0 Å². The van der Waals surface area contributed by atoms with Crippen molar-refractivity contribution in [3.63, 3.8) is 0 Å². The average molecular weight is 250 g/mol. The zero-order valence-electron chi connectivity index (χ0n) is 9.67. The summed E-state index contributed by atoms with van der Waals surface area (Å²) in [4.78, 5) is 0. The van der Waals surface area contributed by atoms with Crippen LogP contribution in [0, 0.1) is 0 Å². The molecule has 0 bridgehead atoms. The zero-order chi connectivity index (χ0) is 11.4. The number of nitrogens with one attached hydrogen (secondary N) is 2. The van der Waals surface area contributed by atoms with Crippen molar-refractivity contribution in [2.75, 3.05) is 38.3 Å². The van der Waals surface area contributed by atoms with Crippen molar-refractivity contribution < 1.29 is 4.74 Å². The lowest BCUT2D eigenvalue weighted by atomic mass is 10.4. The summed E-state index contributed by atoms with van der Waals surface area (Å²) in [6.45, 7) is 5.44. The van der Waals surface area contributed by atoms with E-state index >= 15 is 0 Å². The summed E-state index contributed by atoms with van der Waals surface area (Å²) in [6.07, 6.45) is 4.27. The predicted molar refractivity (Wildman–Crippen MR) is 72.7 cm³/mol. The smallest absolute Gasteiger partial charge is 0.166 e. The van der Waals surface area contributed by atoms with Gasteiger partial charge in [0.25, 0.3) is 0 Å². The normalized spacial score (nSPS) is 10.0. The van der Waals surface area contributed by atoms with Gasteiger partial charge in [-0.2, -0.15) is 11.8 Å². The highest BCUT2D eigenvalue weighted by Gasteiger charge is 1.93. The van der Waals surface area contributed by atoms with Gasteiger partial charge in [0.05, 0.1) is 0 Å². The zero-order valence-corrected chi connectivity index (χ0v) is 11.3. The number of thioether (sulfide) groups is 1. The molecule has 90 valence electrons. The van der Waals surface area contributed by atoms with E-state index in [9.17, 15) is 0 Å². The van der Waals surface area contributed by atoms with Gasteiger partial charge in [-0.25, -0.2) is 0 Å². The van der Waals surface area contributed by atoms with Crippen LogP contribution >= 0.6 is 24.0 Å². The maximum atomic E-state index is 5.22. The summed E-state index contributed by atoms with van der Waals surface area (Å²) in [6, 6.07) is 0. The van der Waals surface area contributed by atoms with Gasteiger partial charge in [-0.05, 0) is 44.0 Å². The molecule has 0 aliphatic rings. The number of rotatable bonds is 9. The summed E-state index contributed by atoms with van der Waals surface area (Å²) < 4.78 is 5.22. The molecule has 0 amide bonds. The molecule has 0 unspecified atom stereocenters. The fraction of sp³-hybridized carbons (Fsp3) is 0.900. The van der Waals surface area contributed by atoms with Crippen LogP contribution in [0.3, 0.4) is 0 Å². The Hall–Kier alpha value is 0. The fourth-order valence-corrected chi connectivity index (χ4v) is 1.64. The van der Waals surface area contributed by atoms with Crippen LogP contribution in [0.4, 0.5) is 0 Å². The first-order valence-electron chi connectivity index (χ1n) is 5.39. The molecule has 0 aliphatic carbocycles. The van der Waals surface area contributed by atoms with Gasteiger partial charge in [0, 0.05) is 26.3 Å². The van der Waals surface area contributed by atoms with Crippen LogP contribution in [0.1, 0.15) is 19.8 Å². The highest BCUT2D eigenvalue weighted by Crippen LogP contribution is 1.93. The van der Waals surface area contributed by atoms with Crippen LogP contribution in [0.15, 0.2) is 0 Å². The van der Waals surface area contributed by atoms with E-state index in [0.29, 0.717) is 0 Å². The number of thiocarbonyl (C=S) groups is 1. The molecule has 0 aliphatic heterocycles. The maximum Gasteiger partial charge on any atom is 0.166 e. The quantitative estimate of drug-likeness (QED) is 0.480. The summed E-state index contributed by atoms with van der Waals surface area (Å²) in [7, 11) is 0. The minimum atomic E-state index is 0.757. The Morgan fingerprint density at radius 1 is 1.27 bits per heavy atom. The second-order valence-corrected chi connectivity index (χ2v) is 4.47. The molecule has 0 aromatic heterocycles. The highest BCUT2D eigenvalue weighted by molar-refractivity contribution is 7.98. The van der Waals surface area contributed by atoms with Crippen LogP contribution in [-0.2, 0) is 4.74 Å². The van der Waals surface area contributed by atoms with Crippen LogP contribution < -0.4 is 10.6 Å². The van der Waals surface area contributed by atoms with E-state index in [-0.39, 0.29) is 0 Å². The van der Waals surface area contributed by atoms with Crippen molar-refractivity contribution in [3.05, 3.63) is 0 Å². The average Bonchev–Trinajstić information content (AvgIpc) is 2.24. The van der Waals surface area contributed by atoms with Crippen molar-refractivity contribution in [2.45, 2.75) is 19.8 Å². The van der Waals surface area contributed by atoms with Crippen molar-refractivity contribution >= 4 is 29.1 Å². The Bertz CT molecular complexity index is 156. The van der Waals surface area contributed by atoms with E-state index in [1.807, 2.05) is 18.7 Å². The van der Waals surface area contributed by atoms with E-state index in [0.717, 1.165) is 44.3 Å². The molecule has 0 heterocycles. The van der Waals surface area contributed by atoms with Gasteiger partial charge in [0.1, 0.15) is 0 Å². The third kappa shape index (κ3) is 11.9. The van der Waals surface area contributed by atoms with Gasteiger partial charge < -0.3 is 15.4 Å². The highest BCUT2D eigenvalue weighted by atomic mass is 32.2. The van der Waals surface area contributed by atoms with E-state index in [2.05, 4.69) is 16.9 Å². The van der Waals surface area contributed by atoms with Crippen LogP contribution in [0.25, 0.3) is 0 Å². The van der Waals surface area contributed by atoms with Crippen LogP contribution in [-0.4, -0.2) is 43.4 Å². The molecule has 0 aromatic carbocycles. The molecule has 15 heavy (non-hydrogen) atoms. The van der Waals surface area contributed by atoms with Crippen molar-refractivity contribution in [3.8, 4) is 0 Å². The first-order chi connectivity index (χ1) is 7.31. The molecule has 0 saturated carbocycles. The third-order valence-electron chi connectivity index (χ3n) is 1.77. The minimum Gasteiger partial charge on any atom is -0.382 e. The second-order valence-electron chi connectivity index (χ2n) is 3.08. The Kier molecular flexibility index (Phi) is 12.1. The summed E-state index contributed by atoms with van der Waals surface area (Å²) >= 11 is 6.97. The van der Waals surface area contributed by atoms with Crippen molar-refractivity contribution in [1.82, 2.24) is 10.6 Å². The number of hydrogen-bond acceptors (Lipinski definition) is 3. The fourth-order valence-electron chi connectivity index (χ4n) is 1.00. The standard InChI is InChI=1S/C10H22N2OS2/c1-3-13-8-4-6-11-10(14)12-7-5-9-15-2/h3-9H2,1-2H3,(H2,11,12,14). The maximum absolute atomic E-state index is 5.22. The van der Waals surface area contributed by atoms with E-state index in [1.165, 1.54) is 5.75 Å². The molecule has 2 N–H and O–H groups in total. The van der Waals surface area contributed by atoms with E-state index in [1.54, 1.807) is 0 Å². The Morgan fingerprint density at radius 2 is 1.93 bits per heavy atom. The summed E-state index contributed by atoms with van der Waals surface area (Å²) in [5.41, 5.74) is 0. The monoisotopic (exact) mass is 250 g/mol. The summed E-state index contributed by atoms with van der Waals surface area (Å²) in [5, 5.41) is 7.08.